The van der Waals surface area contributed by atoms with Crippen molar-refractivity contribution in [2.75, 3.05) is 6.61 Å². The van der Waals surface area contributed by atoms with Gasteiger partial charge in [-0.25, -0.2) is 0 Å². The summed E-state index contributed by atoms with van der Waals surface area (Å²) >= 11 is 3.40. The van der Waals surface area contributed by atoms with Crippen LogP contribution in [0.4, 0.5) is 0 Å². The maximum absolute atomic E-state index is 10.8. The van der Waals surface area contributed by atoms with Crippen LogP contribution in [0.2, 0.25) is 0 Å². The molecule has 0 radical (unpaired) electrons. The van der Waals surface area contributed by atoms with Gasteiger partial charge in [-0.3, -0.25) is 4.79 Å². The summed E-state index contributed by atoms with van der Waals surface area (Å²) in [7, 11) is 0. The first-order valence-electron chi connectivity index (χ1n) is 4.39. The molecule has 0 aliphatic rings. The van der Waals surface area contributed by atoms with Crippen LogP contribution in [0.3, 0.4) is 0 Å². The quantitative estimate of drug-likeness (QED) is 0.831. The standard InChI is InChI=1S/C11H13BrO2/c1-7-4-10(12)5-8(2)11(7)14-6-9(3)13/h4-5H,6H2,1-3H3. The molecule has 0 amide bonds. The molecule has 1 aromatic carbocycles. The van der Waals surface area contributed by atoms with Crippen LogP contribution in [0, 0.1) is 13.8 Å². The van der Waals surface area contributed by atoms with E-state index in [2.05, 4.69) is 15.9 Å². The summed E-state index contributed by atoms with van der Waals surface area (Å²) in [6.45, 7) is 5.59. The summed E-state index contributed by atoms with van der Waals surface area (Å²) in [6, 6.07) is 3.95. The zero-order valence-corrected chi connectivity index (χ0v) is 10.1. The Morgan fingerprint density at radius 2 is 1.86 bits per heavy atom. The topological polar surface area (TPSA) is 26.3 Å². The van der Waals surface area contributed by atoms with Crippen LogP contribution >= 0.6 is 15.9 Å². The Morgan fingerprint density at radius 3 is 2.29 bits per heavy atom. The molecule has 14 heavy (non-hydrogen) atoms. The lowest BCUT2D eigenvalue weighted by Crippen LogP contribution is -2.08. The number of halogens is 1. The smallest absolute Gasteiger partial charge is 0.167 e. The van der Waals surface area contributed by atoms with Crippen LogP contribution in [-0.2, 0) is 4.79 Å². The molecule has 0 saturated carbocycles. The number of hydrogen-bond donors (Lipinski definition) is 0. The largest absolute Gasteiger partial charge is 0.485 e. The van der Waals surface area contributed by atoms with Gasteiger partial charge in [0.25, 0.3) is 0 Å². The number of ether oxygens (including phenoxy) is 1. The minimum Gasteiger partial charge on any atom is -0.485 e. The Labute approximate surface area is 92.4 Å². The molecule has 0 bridgehead atoms. The third-order valence-corrected chi connectivity index (χ3v) is 2.30. The van der Waals surface area contributed by atoms with Crippen molar-refractivity contribution < 1.29 is 9.53 Å². The molecule has 76 valence electrons. The van der Waals surface area contributed by atoms with Gasteiger partial charge in [0, 0.05) is 4.47 Å². The van der Waals surface area contributed by atoms with E-state index in [0.29, 0.717) is 0 Å². The Balaban J connectivity index is 2.91. The molecule has 3 heteroatoms. The number of carbonyl (C=O) groups is 1. The Bertz CT molecular complexity index is 335. The fraction of sp³-hybridized carbons (Fsp3) is 0.364. The number of hydrogen-bond acceptors (Lipinski definition) is 2. The number of benzene rings is 1. The van der Waals surface area contributed by atoms with Crippen LogP contribution in [0.15, 0.2) is 16.6 Å². The molecule has 0 atom stereocenters. The van der Waals surface area contributed by atoms with Gasteiger partial charge in [-0.15, -0.1) is 0 Å². The molecule has 1 aromatic rings. The van der Waals surface area contributed by atoms with Crippen molar-refractivity contribution in [2.24, 2.45) is 0 Å². The van der Waals surface area contributed by atoms with E-state index >= 15 is 0 Å². The van der Waals surface area contributed by atoms with Gasteiger partial charge in [0.1, 0.15) is 12.4 Å². The minimum atomic E-state index is 0.0340. The van der Waals surface area contributed by atoms with E-state index in [1.807, 2.05) is 26.0 Å². The highest BCUT2D eigenvalue weighted by atomic mass is 79.9. The maximum atomic E-state index is 10.8. The molecule has 0 aliphatic carbocycles. The van der Waals surface area contributed by atoms with Crippen LogP contribution in [-0.4, -0.2) is 12.4 Å². The molecule has 0 N–H and O–H groups in total. The lowest BCUT2D eigenvalue weighted by Gasteiger charge is -2.11. The molecule has 0 aliphatic heterocycles. The van der Waals surface area contributed by atoms with E-state index in [1.54, 1.807) is 0 Å². The molecule has 1 rings (SSSR count). The number of aryl methyl sites for hydroxylation is 2. The molecule has 0 unspecified atom stereocenters. The van der Waals surface area contributed by atoms with Gasteiger partial charge in [0.2, 0.25) is 0 Å². The van der Waals surface area contributed by atoms with E-state index in [0.717, 1.165) is 21.3 Å². The normalized spacial score (nSPS) is 10.0. The fourth-order valence-electron chi connectivity index (χ4n) is 1.30. The second-order valence-electron chi connectivity index (χ2n) is 3.36. The first kappa shape index (κ1) is 11.2. The van der Waals surface area contributed by atoms with Crippen LogP contribution < -0.4 is 4.74 Å². The van der Waals surface area contributed by atoms with Crippen molar-refractivity contribution in [3.05, 3.63) is 27.7 Å². The highest BCUT2D eigenvalue weighted by Crippen LogP contribution is 2.27. The van der Waals surface area contributed by atoms with Crippen LogP contribution in [0.25, 0.3) is 0 Å². The van der Waals surface area contributed by atoms with Crippen molar-refractivity contribution in [1.82, 2.24) is 0 Å². The molecule has 0 spiro atoms. The number of rotatable bonds is 3. The Hall–Kier alpha value is -0.830. The van der Waals surface area contributed by atoms with Crippen molar-refractivity contribution in [3.63, 3.8) is 0 Å². The fourth-order valence-corrected chi connectivity index (χ4v) is 1.99. The minimum absolute atomic E-state index is 0.0340. The van der Waals surface area contributed by atoms with E-state index in [4.69, 9.17) is 4.74 Å². The average Bonchev–Trinajstić information content (AvgIpc) is 2.01. The van der Waals surface area contributed by atoms with Gasteiger partial charge in [-0.05, 0) is 44.0 Å². The van der Waals surface area contributed by atoms with Gasteiger partial charge in [-0.1, -0.05) is 15.9 Å². The first-order valence-corrected chi connectivity index (χ1v) is 5.19. The summed E-state index contributed by atoms with van der Waals surface area (Å²) in [4.78, 5) is 10.8. The molecular formula is C11H13BrO2. The predicted molar refractivity (Wildman–Crippen MR) is 59.8 cm³/mol. The predicted octanol–water partition coefficient (Wildman–Crippen LogP) is 3.03. The van der Waals surface area contributed by atoms with Crippen molar-refractivity contribution in [1.29, 1.82) is 0 Å². The van der Waals surface area contributed by atoms with Crippen molar-refractivity contribution in [2.45, 2.75) is 20.8 Å². The maximum Gasteiger partial charge on any atom is 0.167 e. The SMILES string of the molecule is CC(=O)COc1c(C)cc(Br)cc1C. The zero-order chi connectivity index (χ0) is 10.7. The third-order valence-electron chi connectivity index (χ3n) is 1.84. The van der Waals surface area contributed by atoms with Crippen molar-refractivity contribution in [3.8, 4) is 5.75 Å². The highest BCUT2D eigenvalue weighted by Gasteiger charge is 2.06. The second-order valence-corrected chi connectivity index (χ2v) is 4.28. The van der Waals surface area contributed by atoms with E-state index in [9.17, 15) is 4.79 Å². The zero-order valence-electron chi connectivity index (χ0n) is 8.56. The average molecular weight is 257 g/mol. The molecule has 0 heterocycles. The Morgan fingerprint density at radius 1 is 1.36 bits per heavy atom. The monoisotopic (exact) mass is 256 g/mol. The van der Waals surface area contributed by atoms with Gasteiger partial charge >= 0.3 is 0 Å². The van der Waals surface area contributed by atoms with E-state index in [-0.39, 0.29) is 12.4 Å². The van der Waals surface area contributed by atoms with Crippen LogP contribution in [0.5, 0.6) is 5.75 Å². The lowest BCUT2D eigenvalue weighted by molar-refractivity contribution is -0.118. The summed E-state index contributed by atoms with van der Waals surface area (Å²) < 4.78 is 6.44. The first-order chi connectivity index (χ1) is 6.50. The highest BCUT2D eigenvalue weighted by molar-refractivity contribution is 9.10. The number of ketones is 1. The van der Waals surface area contributed by atoms with E-state index < -0.39 is 0 Å². The van der Waals surface area contributed by atoms with E-state index in [1.165, 1.54) is 6.92 Å². The summed E-state index contributed by atoms with van der Waals surface area (Å²) in [5.41, 5.74) is 2.08. The summed E-state index contributed by atoms with van der Waals surface area (Å²) in [5, 5.41) is 0. The second kappa shape index (κ2) is 4.60. The summed E-state index contributed by atoms with van der Waals surface area (Å²) in [5.74, 6) is 0.843. The third kappa shape index (κ3) is 2.84. The molecular weight excluding hydrogens is 244 g/mol. The van der Waals surface area contributed by atoms with Gasteiger partial charge < -0.3 is 4.74 Å². The number of carbonyl (C=O) groups excluding carboxylic acids is 1. The lowest BCUT2D eigenvalue weighted by atomic mass is 10.1. The van der Waals surface area contributed by atoms with Gasteiger partial charge in [0.15, 0.2) is 5.78 Å². The molecule has 0 aromatic heterocycles. The molecule has 0 saturated heterocycles. The number of Topliss-reactive ketones (excluding diaryl/α,β-unsaturated/α-hetero) is 1. The van der Waals surface area contributed by atoms with Crippen molar-refractivity contribution >= 4 is 21.7 Å². The molecule has 0 fully saturated rings. The molecule has 2 nitrogen and oxygen atoms in total. The van der Waals surface area contributed by atoms with Gasteiger partial charge in [-0.2, -0.15) is 0 Å². The van der Waals surface area contributed by atoms with Gasteiger partial charge in [0.05, 0.1) is 0 Å². The summed E-state index contributed by atoms with van der Waals surface area (Å²) in [6.07, 6.45) is 0. The van der Waals surface area contributed by atoms with Crippen LogP contribution in [0.1, 0.15) is 18.1 Å². The Kier molecular flexibility index (Phi) is 3.69.